The van der Waals surface area contributed by atoms with Gasteiger partial charge in [-0.25, -0.2) is 4.39 Å². The van der Waals surface area contributed by atoms with Gasteiger partial charge in [-0.1, -0.05) is 17.7 Å². The Morgan fingerprint density at radius 3 is 2.55 bits per heavy atom. The number of ether oxygens (including phenoxy) is 1. The Kier molecular flexibility index (Phi) is 6.28. The molecule has 1 fully saturated rings. The molecular formula is C21H22ClFN4OS. The van der Waals surface area contributed by atoms with Gasteiger partial charge < -0.3 is 9.64 Å². The minimum Gasteiger partial charge on any atom is -0.494 e. The summed E-state index contributed by atoms with van der Waals surface area (Å²) in [7, 11) is 1.48. The van der Waals surface area contributed by atoms with Crippen molar-refractivity contribution in [2.45, 2.75) is 6.42 Å². The normalized spacial score (nSPS) is 14.9. The minimum absolute atomic E-state index is 0.289. The molecule has 3 aromatic rings. The number of nitrogens with zero attached hydrogens (tertiary/aromatic N) is 4. The number of aromatic nitrogens is 2. The summed E-state index contributed by atoms with van der Waals surface area (Å²) >= 11 is 7.38. The highest BCUT2D eigenvalue weighted by Crippen LogP contribution is 2.26. The van der Waals surface area contributed by atoms with E-state index >= 15 is 0 Å². The van der Waals surface area contributed by atoms with Gasteiger partial charge >= 0.3 is 0 Å². The molecule has 0 bridgehead atoms. The Bertz CT molecular complexity index is 958. The molecule has 2 heterocycles. The number of hydrogen-bond donors (Lipinski definition) is 0. The van der Waals surface area contributed by atoms with Crippen LogP contribution in [0.3, 0.4) is 0 Å². The van der Waals surface area contributed by atoms with E-state index in [1.165, 1.54) is 18.6 Å². The molecule has 0 aliphatic carbocycles. The molecule has 0 radical (unpaired) electrons. The number of benzene rings is 2. The van der Waals surface area contributed by atoms with Gasteiger partial charge in [-0.15, -0.1) is 0 Å². The molecule has 0 atom stereocenters. The summed E-state index contributed by atoms with van der Waals surface area (Å²) in [6.45, 7) is 4.63. The van der Waals surface area contributed by atoms with Crippen LogP contribution in [0.5, 0.6) is 5.75 Å². The molecule has 29 heavy (non-hydrogen) atoms. The van der Waals surface area contributed by atoms with Gasteiger partial charge in [0.15, 0.2) is 17.4 Å². The third-order valence-corrected chi connectivity index (χ3v) is 6.12. The van der Waals surface area contributed by atoms with E-state index in [1.54, 1.807) is 12.1 Å². The van der Waals surface area contributed by atoms with E-state index < -0.39 is 0 Å². The van der Waals surface area contributed by atoms with Crippen molar-refractivity contribution in [3.63, 3.8) is 0 Å². The molecule has 0 saturated carbocycles. The Morgan fingerprint density at radius 2 is 1.86 bits per heavy atom. The van der Waals surface area contributed by atoms with Gasteiger partial charge in [0.2, 0.25) is 5.13 Å². The molecule has 8 heteroatoms. The Balaban J connectivity index is 1.29. The van der Waals surface area contributed by atoms with Crippen molar-refractivity contribution in [1.82, 2.24) is 14.3 Å². The summed E-state index contributed by atoms with van der Waals surface area (Å²) in [6.07, 6.45) is 0.820. The Hall–Kier alpha value is -2.22. The van der Waals surface area contributed by atoms with E-state index in [2.05, 4.69) is 14.2 Å². The molecule has 5 nitrogen and oxygen atoms in total. The number of rotatable bonds is 6. The van der Waals surface area contributed by atoms with Crippen LogP contribution >= 0.6 is 23.1 Å². The quantitative estimate of drug-likeness (QED) is 0.578. The zero-order valence-electron chi connectivity index (χ0n) is 16.1. The van der Waals surface area contributed by atoms with Gasteiger partial charge in [0, 0.05) is 54.8 Å². The number of piperazine rings is 1. The van der Waals surface area contributed by atoms with Crippen LogP contribution in [0.25, 0.3) is 11.4 Å². The average Bonchev–Trinajstić information content (AvgIpc) is 3.23. The van der Waals surface area contributed by atoms with Crippen LogP contribution in [-0.2, 0) is 6.42 Å². The minimum atomic E-state index is -0.303. The first kappa shape index (κ1) is 20.1. The molecule has 1 aliphatic rings. The van der Waals surface area contributed by atoms with Gasteiger partial charge in [-0.3, -0.25) is 4.90 Å². The highest BCUT2D eigenvalue weighted by atomic mass is 35.5. The summed E-state index contributed by atoms with van der Waals surface area (Å²) in [5.74, 6) is 0.727. The van der Waals surface area contributed by atoms with Crippen LogP contribution in [0, 0.1) is 5.82 Å². The lowest BCUT2D eigenvalue weighted by Crippen LogP contribution is -2.47. The summed E-state index contributed by atoms with van der Waals surface area (Å²) in [5.41, 5.74) is 1.96. The Morgan fingerprint density at radius 1 is 1.10 bits per heavy atom. The van der Waals surface area contributed by atoms with E-state index in [0.717, 1.165) is 61.2 Å². The molecule has 1 aliphatic heterocycles. The van der Waals surface area contributed by atoms with Crippen molar-refractivity contribution in [3.05, 3.63) is 58.9 Å². The van der Waals surface area contributed by atoms with Crippen LogP contribution in [0.1, 0.15) is 5.56 Å². The van der Waals surface area contributed by atoms with Crippen LogP contribution < -0.4 is 9.64 Å². The molecule has 4 rings (SSSR count). The van der Waals surface area contributed by atoms with E-state index in [0.29, 0.717) is 5.02 Å². The third kappa shape index (κ3) is 4.86. The molecular weight excluding hydrogens is 411 g/mol. The highest BCUT2D eigenvalue weighted by Gasteiger charge is 2.20. The molecule has 0 amide bonds. The van der Waals surface area contributed by atoms with Crippen molar-refractivity contribution in [2.75, 3.05) is 44.7 Å². The summed E-state index contributed by atoms with van der Waals surface area (Å²) in [5, 5.41) is 1.66. The predicted molar refractivity (Wildman–Crippen MR) is 116 cm³/mol. The van der Waals surface area contributed by atoms with E-state index in [1.807, 2.05) is 30.3 Å². The highest BCUT2D eigenvalue weighted by molar-refractivity contribution is 7.09. The maximum Gasteiger partial charge on any atom is 0.205 e. The lowest BCUT2D eigenvalue weighted by molar-refractivity contribution is 0.261. The number of anilines is 1. The topological polar surface area (TPSA) is 41.5 Å². The third-order valence-electron chi connectivity index (χ3n) is 5.09. The lowest BCUT2D eigenvalue weighted by Gasteiger charge is -2.34. The van der Waals surface area contributed by atoms with Crippen LogP contribution in [0.15, 0.2) is 42.5 Å². The van der Waals surface area contributed by atoms with Gasteiger partial charge in [0.25, 0.3) is 0 Å². The molecule has 0 unspecified atom stereocenters. The fourth-order valence-electron chi connectivity index (χ4n) is 3.38. The monoisotopic (exact) mass is 432 g/mol. The van der Waals surface area contributed by atoms with Crippen LogP contribution in [0.2, 0.25) is 5.02 Å². The molecule has 2 aromatic carbocycles. The summed E-state index contributed by atoms with van der Waals surface area (Å²) in [6, 6.07) is 12.8. The number of halogens is 2. The second-order valence-corrected chi connectivity index (χ2v) is 8.12. The summed E-state index contributed by atoms with van der Waals surface area (Å²) in [4.78, 5) is 9.38. The van der Waals surface area contributed by atoms with E-state index in [9.17, 15) is 4.39 Å². The maximum atomic E-state index is 13.8. The fraction of sp³-hybridized carbons (Fsp3) is 0.333. The second-order valence-electron chi connectivity index (χ2n) is 6.96. The molecule has 152 valence electrons. The van der Waals surface area contributed by atoms with E-state index in [-0.39, 0.29) is 11.6 Å². The predicted octanol–water partition coefficient (Wildman–Crippen LogP) is 4.37. The van der Waals surface area contributed by atoms with Gasteiger partial charge in [-0.05, 0) is 48.4 Å². The molecule has 1 aromatic heterocycles. The van der Waals surface area contributed by atoms with Crippen LogP contribution in [0.4, 0.5) is 9.52 Å². The number of methoxy groups -OCH3 is 1. The van der Waals surface area contributed by atoms with Crippen molar-refractivity contribution in [3.8, 4) is 17.1 Å². The SMILES string of the molecule is COc1ccc(CCN2CCN(c3nc(-c4ccc(Cl)cc4)ns3)CC2)cc1F. The van der Waals surface area contributed by atoms with Crippen molar-refractivity contribution in [1.29, 1.82) is 0 Å². The zero-order chi connectivity index (χ0) is 20.2. The maximum absolute atomic E-state index is 13.8. The molecule has 0 N–H and O–H groups in total. The smallest absolute Gasteiger partial charge is 0.205 e. The summed E-state index contributed by atoms with van der Waals surface area (Å²) < 4.78 is 23.3. The number of hydrogen-bond acceptors (Lipinski definition) is 6. The van der Waals surface area contributed by atoms with E-state index in [4.69, 9.17) is 21.3 Å². The fourth-order valence-corrected chi connectivity index (χ4v) is 4.24. The first-order valence-corrected chi connectivity index (χ1v) is 10.7. The molecule has 1 saturated heterocycles. The Labute approximate surface area is 178 Å². The van der Waals surface area contributed by atoms with Crippen molar-refractivity contribution in [2.24, 2.45) is 0 Å². The largest absolute Gasteiger partial charge is 0.494 e. The first-order chi connectivity index (χ1) is 14.1. The van der Waals surface area contributed by atoms with Gasteiger partial charge in [0.05, 0.1) is 7.11 Å². The standard InChI is InChI=1S/C21H22ClFN4OS/c1-28-19-7-2-15(14-18(19)23)8-9-26-10-12-27(13-11-26)21-24-20(25-29-21)16-3-5-17(22)6-4-16/h2-7,14H,8-13H2,1H3. The second kappa shape index (κ2) is 9.07. The van der Waals surface area contributed by atoms with Gasteiger partial charge in [0.1, 0.15) is 0 Å². The lowest BCUT2D eigenvalue weighted by atomic mass is 10.1. The van der Waals surface area contributed by atoms with Crippen LogP contribution in [-0.4, -0.2) is 54.1 Å². The van der Waals surface area contributed by atoms with Gasteiger partial charge in [-0.2, -0.15) is 9.36 Å². The zero-order valence-corrected chi connectivity index (χ0v) is 17.7. The average molecular weight is 433 g/mol. The first-order valence-electron chi connectivity index (χ1n) is 9.52. The van der Waals surface area contributed by atoms with Crippen molar-refractivity contribution < 1.29 is 9.13 Å². The van der Waals surface area contributed by atoms with Crippen molar-refractivity contribution >= 4 is 28.3 Å². The molecule has 0 spiro atoms.